The number of hydrogen-bond acceptors (Lipinski definition) is 8. The Bertz CT molecular complexity index is 1640. The summed E-state index contributed by atoms with van der Waals surface area (Å²) >= 11 is 0. The molecule has 0 aromatic heterocycles. The first kappa shape index (κ1) is 36.0. The predicted molar refractivity (Wildman–Crippen MR) is 171 cm³/mol. The van der Waals surface area contributed by atoms with Crippen molar-refractivity contribution in [2.45, 2.75) is 38.2 Å². The number of benzene rings is 3. The third-order valence-electron chi connectivity index (χ3n) is 8.19. The fraction of sp³-hybridized carbons (Fsp3) is 0.343. The molecule has 3 atom stereocenters. The summed E-state index contributed by atoms with van der Waals surface area (Å²) < 4.78 is 58.8. The van der Waals surface area contributed by atoms with E-state index < -0.39 is 60.3 Å². The molecule has 0 bridgehead atoms. The van der Waals surface area contributed by atoms with Crippen LogP contribution in [0.3, 0.4) is 0 Å². The van der Waals surface area contributed by atoms with Gasteiger partial charge >= 0.3 is 6.18 Å². The average molecular weight is 670 g/mol. The Hall–Kier alpha value is -4.88. The molecule has 3 unspecified atom stereocenters. The van der Waals surface area contributed by atoms with Gasteiger partial charge in [-0.1, -0.05) is 62.4 Å². The van der Waals surface area contributed by atoms with Crippen LogP contribution in [0.2, 0.25) is 0 Å². The number of carbonyl (C=O) groups is 3. The molecular weight excluding hydrogens is 631 g/mol. The summed E-state index contributed by atoms with van der Waals surface area (Å²) in [6.07, 6.45) is -4.58. The van der Waals surface area contributed by atoms with Crippen LogP contribution < -0.4 is 19.9 Å². The smallest absolute Gasteiger partial charge is 0.431 e. The summed E-state index contributed by atoms with van der Waals surface area (Å²) in [5, 5.41) is 10.6. The molecule has 0 saturated carbocycles. The molecular formula is C35H38F3N3O7. The van der Waals surface area contributed by atoms with E-state index in [0.717, 1.165) is 4.90 Å². The molecule has 1 aliphatic rings. The van der Waals surface area contributed by atoms with Crippen molar-refractivity contribution in [1.82, 2.24) is 9.80 Å². The number of rotatable bonds is 12. The molecule has 10 nitrogen and oxygen atoms in total. The maximum atomic E-state index is 14.4. The minimum atomic E-state index is -5.39. The van der Waals surface area contributed by atoms with Crippen LogP contribution in [0.5, 0.6) is 17.2 Å². The highest BCUT2D eigenvalue weighted by atomic mass is 19.4. The Morgan fingerprint density at radius 1 is 0.917 bits per heavy atom. The number of ketones is 1. The first-order chi connectivity index (χ1) is 22.7. The number of hydrogen-bond donors (Lipinski definition) is 2. The minimum absolute atomic E-state index is 0.0141. The molecule has 256 valence electrons. The van der Waals surface area contributed by atoms with E-state index in [9.17, 15) is 32.7 Å². The highest BCUT2D eigenvalue weighted by molar-refractivity contribution is 6.04. The third-order valence-corrected chi connectivity index (χ3v) is 8.19. The Labute approximate surface area is 276 Å². The van der Waals surface area contributed by atoms with Gasteiger partial charge in [-0.25, -0.2) is 0 Å². The highest BCUT2D eigenvalue weighted by Crippen LogP contribution is 2.42. The van der Waals surface area contributed by atoms with Gasteiger partial charge in [0.2, 0.25) is 11.5 Å². The summed E-state index contributed by atoms with van der Waals surface area (Å²) in [6.45, 7) is 2.49. The van der Waals surface area contributed by atoms with Crippen LogP contribution in [-0.2, 0) is 16.0 Å². The van der Waals surface area contributed by atoms with Crippen LogP contribution in [0.4, 0.5) is 13.2 Å². The molecule has 2 amide bonds. The third kappa shape index (κ3) is 7.16. The number of halogens is 3. The van der Waals surface area contributed by atoms with E-state index in [0.29, 0.717) is 5.56 Å². The van der Waals surface area contributed by atoms with Crippen molar-refractivity contribution in [2.75, 3.05) is 27.9 Å². The highest BCUT2D eigenvalue weighted by Gasteiger charge is 2.58. The number of nitrogens with zero attached hydrogens (tertiary/aromatic N) is 2. The van der Waals surface area contributed by atoms with Crippen molar-refractivity contribution in [3.05, 3.63) is 95.7 Å². The van der Waals surface area contributed by atoms with E-state index in [1.165, 1.54) is 56.7 Å². The summed E-state index contributed by atoms with van der Waals surface area (Å²) in [5.74, 6) is -4.54. The van der Waals surface area contributed by atoms with Crippen molar-refractivity contribution in [2.24, 2.45) is 17.6 Å². The van der Waals surface area contributed by atoms with Gasteiger partial charge in [-0.15, -0.1) is 0 Å². The maximum absolute atomic E-state index is 14.4. The van der Waals surface area contributed by atoms with Crippen LogP contribution in [0.1, 0.15) is 35.3 Å². The maximum Gasteiger partial charge on any atom is 0.431 e. The second kappa shape index (κ2) is 14.5. The van der Waals surface area contributed by atoms with Crippen molar-refractivity contribution in [3.8, 4) is 17.2 Å². The van der Waals surface area contributed by atoms with Crippen molar-refractivity contribution >= 4 is 23.3 Å². The van der Waals surface area contributed by atoms with E-state index >= 15 is 0 Å². The van der Waals surface area contributed by atoms with Crippen LogP contribution in [0.25, 0.3) is 5.70 Å². The molecule has 13 heteroatoms. The molecule has 0 aliphatic carbocycles. The molecule has 1 heterocycles. The first-order valence-corrected chi connectivity index (χ1v) is 15.0. The van der Waals surface area contributed by atoms with Crippen molar-refractivity contribution in [3.63, 3.8) is 0 Å². The van der Waals surface area contributed by atoms with Gasteiger partial charge in [0.1, 0.15) is 6.04 Å². The van der Waals surface area contributed by atoms with Crippen LogP contribution in [0, 0.1) is 11.8 Å². The fourth-order valence-corrected chi connectivity index (χ4v) is 5.65. The summed E-state index contributed by atoms with van der Waals surface area (Å²) in [6, 6.07) is 17.8. The standard InChI is InChI=1S/C35H38F3N3O7/c1-21(2)30-33(44)40(20-27(42)25(34(39,45)35(36,37)38)16-22-12-8-6-9-13-22)26(19-41(30)32(43)23-14-10-7-11-15-23)24-17-28(46-3)31(48-5)29(18-24)47-4/h6-15,17-19,21,25,30,45H,16,20,39H2,1-5H3. The Morgan fingerprint density at radius 3 is 1.94 bits per heavy atom. The quantitative estimate of drug-likeness (QED) is 0.267. The topological polar surface area (TPSA) is 132 Å². The zero-order valence-electron chi connectivity index (χ0n) is 27.2. The predicted octanol–water partition coefficient (Wildman–Crippen LogP) is 4.66. The van der Waals surface area contributed by atoms with E-state index in [4.69, 9.17) is 19.9 Å². The Kier molecular flexibility index (Phi) is 10.9. The Morgan fingerprint density at radius 2 is 1.46 bits per heavy atom. The lowest BCUT2D eigenvalue weighted by Gasteiger charge is -2.42. The molecule has 48 heavy (non-hydrogen) atoms. The summed E-state index contributed by atoms with van der Waals surface area (Å²) in [7, 11) is 4.13. The molecule has 0 spiro atoms. The number of ether oxygens (including phenoxy) is 3. The van der Waals surface area contributed by atoms with Crippen molar-refractivity contribution in [1.29, 1.82) is 0 Å². The molecule has 0 saturated heterocycles. The Balaban J connectivity index is 1.91. The zero-order valence-corrected chi connectivity index (χ0v) is 27.2. The van der Waals surface area contributed by atoms with Gasteiger partial charge in [0.25, 0.3) is 11.8 Å². The van der Waals surface area contributed by atoms with Crippen LogP contribution in [-0.4, -0.2) is 78.3 Å². The summed E-state index contributed by atoms with van der Waals surface area (Å²) in [5.41, 5.74) is 2.34. The number of nitrogens with two attached hydrogens (primary N) is 1. The number of alkyl halides is 3. The molecule has 0 radical (unpaired) electrons. The van der Waals surface area contributed by atoms with Crippen LogP contribution >= 0.6 is 0 Å². The number of carbonyl (C=O) groups excluding carboxylic acids is 3. The first-order valence-electron chi connectivity index (χ1n) is 15.0. The van der Waals surface area contributed by atoms with Gasteiger partial charge in [-0.2, -0.15) is 13.2 Å². The van der Waals surface area contributed by atoms with E-state index in [2.05, 4.69) is 0 Å². The second-order valence-corrected chi connectivity index (χ2v) is 11.7. The number of amides is 2. The van der Waals surface area contributed by atoms with E-state index in [1.54, 1.807) is 62.4 Å². The molecule has 3 aromatic rings. The minimum Gasteiger partial charge on any atom is -0.493 e. The lowest BCUT2D eigenvalue weighted by atomic mass is 9.84. The monoisotopic (exact) mass is 669 g/mol. The van der Waals surface area contributed by atoms with Gasteiger partial charge < -0.3 is 29.1 Å². The normalized spacial score (nSPS) is 17.0. The summed E-state index contributed by atoms with van der Waals surface area (Å²) in [4.78, 5) is 44.5. The van der Waals surface area contributed by atoms with Gasteiger partial charge in [-0.3, -0.25) is 20.1 Å². The molecule has 3 N–H and O–H groups in total. The number of Topliss-reactive ketones (excluding diaryl/α,β-unsaturated/α-hetero) is 1. The lowest BCUT2D eigenvalue weighted by molar-refractivity contribution is -0.274. The molecule has 1 aliphatic heterocycles. The van der Waals surface area contributed by atoms with E-state index in [1.807, 2.05) is 0 Å². The van der Waals surface area contributed by atoms with Gasteiger partial charge in [-0.05, 0) is 42.2 Å². The van der Waals surface area contributed by atoms with Gasteiger partial charge in [0.05, 0.1) is 39.5 Å². The molecule has 0 fully saturated rings. The van der Waals surface area contributed by atoms with Gasteiger partial charge in [0, 0.05) is 17.3 Å². The number of aliphatic hydroxyl groups is 1. The van der Waals surface area contributed by atoms with Crippen molar-refractivity contribution < 1.29 is 46.9 Å². The van der Waals surface area contributed by atoms with Gasteiger partial charge in [0.15, 0.2) is 17.3 Å². The SMILES string of the molecule is COc1cc(C2=CN(C(=O)c3ccccc3)C(C(C)C)C(=O)N2CC(=O)C(Cc2ccccc2)C(N)(O)C(F)(F)F)cc(OC)c1OC. The average Bonchev–Trinajstić information content (AvgIpc) is 3.06. The molecule has 4 rings (SSSR count). The number of methoxy groups -OCH3 is 3. The van der Waals surface area contributed by atoms with E-state index in [-0.39, 0.29) is 34.1 Å². The lowest BCUT2D eigenvalue weighted by Crippen LogP contribution is -2.63. The molecule has 3 aromatic carbocycles. The zero-order chi connectivity index (χ0) is 35.4. The van der Waals surface area contributed by atoms with Crippen LogP contribution in [0.15, 0.2) is 79.0 Å². The second-order valence-electron chi connectivity index (χ2n) is 11.7. The fourth-order valence-electron chi connectivity index (χ4n) is 5.65. The largest absolute Gasteiger partial charge is 0.493 e.